The SMILES string of the molecule is Cc1ccc(S(=O)(=O)N2C[C@@H]3COC[C@H](C2)N(C)C3=O)cc1C. The lowest BCUT2D eigenvalue weighted by Gasteiger charge is -2.28. The molecule has 1 aromatic carbocycles. The fourth-order valence-electron chi connectivity index (χ4n) is 3.08. The first-order valence-corrected chi connectivity index (χ1v) is 9.16. The topological polar surface area (TPSA) is 66.9 Å². The maximum atomic E-state index is 13.0. The first kappa shape index (κ1) is 16.4. The zero-order chi connectivity index (χ0) is 16.8. The van der Waals surface area contributed by atoms with Crippen molar-refractivity contribution in [3.63, 3.8) is 0 Å². The lowest BCUT2D eigenvalue weighted by molar-refractivity contribution is -0.133. The van der Waals surface area contributed by atoms with Gasteiger partial charge in [-0.2, -0.15) is 4.31 Å². The molecule has 1 amide bonds. The van der Waals surface area contributed by atoms with Crippen LogP contribution in [-0.4, -0.2) is 62.9 Å². The number of benzene rings is 1. The second kappa shape index (κ2) is 5.89. The Balaban J connectivity index is 1.97. The Morgan fingerprint density at radius 2 is 1.87 bits per heavy atom. The van der Waals surface area contributed by atoms with E-state index in [1.54, 1.807) is 24.1 Å². The number of hydrogen-bond acceptors (Lipinski definition) is 4. The van der Waals surface area contributed by atoms with Gasteiger partial charge in [-0.3, -0.25) is 4.79 Å². The Morgan fingerprint density at radius 3 is 2.57 bits per heavy atom. The molecule has 0 aromatic heterocycles. The summed E-state index contributed by atoms with van der Waals surface area (Å²) < 4.78 is 33.0. The van der Waals surface area contributed by atoms with Crippen molar-refractivity contribution in [2.45, 2.75) is 24.8 Å². The van der Waals surface area contributed by atoms with Crippen molar-refractivity contribution in [2.75, 3.05) is 33.4 Å². The molecule has 0 unspecified atom stereocenters. The number of ether oxygens (including phenoxy) is 1. The van der Waals surface area contributed by atoms with Crippen molar-refractivity contribution in [3.05, 3.63) is 29.3 Å². The minimum absolute atomic E-state index is 0.0368. The second-order valence-corrected chi connectivity index (χ2v) is 8.34. The van der Waals surface area contributed by atoms with Crippen molar-refractivity contribution >= 4 is 15.9 Å². The Labute approximate surface area is 137 Å². The summed E-state index contributed by atoms with van der Waals surface area (Å²) in [4.78, 5) is 14.3. The van der Waals surface area contributed by atoms with Crippen molar-refractivity contribution in [2.24, 2.45) is 5.92 Å². The van der Waals surface area contributed by atoms with Gasteiger partial charge in [0, 0.05) is 20.1 Å². The molecule has 7 heteroatoms. The molecular weight excluding hydrogens is 316 g/mol. The smallest absolute Gasteiger partial charge is 0.243 e. The number of aryl methyl sites for hydroxylation is 2. The maximum Gasteiger partial charge on any atom is 0.243 e. The fraction of sp³-hybridized carbons (Fsp3) is 0.562. The highest BCUT2D eigenvalue weighted by molar-refractivity contribution is 7.89. The average Bonchev–Trinajstić information content (AvgIpc) is 2.67. The van der Waals surface area contributed by atoms with E-state index >= 15 is 0 Å². The molecule has 23 heavy (non-hydrogen) atoms. The summed E-state index contributed by atoms with van der Waals surface area (Å²) in [5.41, 5.74) is 2.00. The number of nitrogens with zero attached hydrogens (tertiary/aromatic N) is 2. The number of carbonyl (C=O) groups excluding carboxylic acids is 1. The molecule has 2 saturated heterocycles. The van der Waals surface area contributed by atoms with Crippen molar-refractivity contribution in [1.82, 2.24) is 9.21 Å². The standard InChI is InChI=1S/C16H22N2O4S/c1-11-4-5-15(6-12(11)2)23(20,21)18-7-13-9-22-10-14(8-18)17(3)16(13)19/h4-6,13-14H,7-10H2,1-3H3/t13-,14+/m1/s1. The van der Waals surface area contributed by atoms with E-state index < -0.39 is 15.9 Å². The highest BCUT2D eigenvalue weighted by atomic mass is 32.2. The molecule has 0 aliphatic carbocycles. The van der Waals surface area contributed by atoms with Crippen LogP contribution in [0.25, 0.3) is 0 Å². The molecule has 0 saturated carbocycles. The van der Waals surface area contributed by atoms with Gasteiger partial charge >= 0.3 is 0 Å². The summed E-state index contributed by atoms with van der Waals surface area (Å²) in [6.45, 7) is 4.95. The van der Waals surface area contributed by atoms with E-state index in [0.29, 0.717) is 6.61 Å². The number of likely N-dealkylation sites (N-methyl/N-ethyl adjacent to an activating group) is 1. The molecule has 2 bridgehead atoms. The number of rotatable bonds is 2. The Morgan fingerprint density at radius 1 is 1.13 bits per heavy atom. The van der Waals surface area contributed by atoms with Gasteiger partial charge in [0.05, 0.1) is 30.1 Å². The van der Waals surface area contributed by atoms with Crippen LogP contribution in [-0.2, 0) is 19.6 Å². The summed E-state index contributed by atoms with van der Waals surface area (Å²) in [7, 11) is -1.89. The zero-order valence-electron chi connectivity index (χ0n) is 13.7. The molecule has 2 aliphatic rings. The number of fused-ring (bicyclic) bond motifs is 3. The van der Waals surface area contributed by atoms with Crippen LogP contribution in [0.15, 0.2) is 23.1 Å². The first-order chi connectivity index (χ1) is 10.8. The largest absolute Gasteiger partial charge is 0.378 e. The summed E-state index contributed by atoms with van der Waals surface area (Å²) in [6, 6.07) is 4.92. The Hall–Kier alpha value is -1.44. The summed E-state index contributed by atoms with van der Waals surface area (Å²) >= 11 is 0. The second-order valence-electron chi connectivity index (χ2n) is 6.41. The molecule has 126 valence electrons. The maximum absolute atomic E-state index is 13.0. The zero-order valence-corrected chi connectivity index (χ0v) is 14.5. The monoisotopic (exact) mass is 338 g/mol. The van der Waals surface area contributed by atoms with E-state index in [4.69, 9.17) is 4.74 Å². The quantitative estimate of drug-likeness (QED) is 0.799. The normalized spacial score (nSPS) is 26.2. The van der Waals surface area contributed by atoms with Gasteiger partial charge < -0.3 is 9.64 Å². The lowest BCUT2D eigenvalue weighted by atomic mass is 10.1. The number of carbonyl (C=O) groups is 1. The highest BCUT2D eigenvalue weighted by Gasteiger charge is 2.41. The van der Waals surface area contributed by atoms with Crippen molar-refractivity contribution in [3.8, 4) is 0 Å². The third-order valence-corrected chi connectivity index (χ3v) is 6.66. The van der Waals surface area contributed by atoms with Gasteiger partial charge in [-0.15, -0.1) is 0 Å². The van der Waals surface area contributed by atoms with Crippen molar-refractivity contribution < 1.29 is 17.9 Å². The summed E-state index contributed by atoms with van der Waals surface area (Å²) in [6.07, 6.45) is 0. The molecule has 2 heterocycles. The molecule has 3 rings (SSSR count). The molecule has 0 spiro atoms. The third kappa shape index (κ3) is 2.88. The van der Waals surface area contributed by atoms with Crippen LogP contribution in [0.5, 0.6) is 0 Å². The molecule has 0 radical (unpaired) electrons. The van der Waals surface area contributed by atoms with E-state index in [1.807, 2.05) is 19.9 Å². The minimum Gasteiger partial charge on any atom is -0.378 e. The number of sulfonamides is 1. The molecule has 6 nitrogen and oxygen atoms in total. The van der Waals surface area contributed by atoms with Crippen molar-refractivity contribution in [1.29, 1.82) is 0 Å². The van der Waals surface area contributed by atoms with Crippen LogP contribution in [0.1, 0.15) is 11.1 Å². The molecule has 2 aliphatic heterocycles. The van der Waals surface area contributed by atoms with Crippen LogP contribution < -0.4 is 0 Å². The number of hydrogen-bond donors (Lipinski definition) is 0. The van der Waals surface area contributed by atoms with E-state index in [0.717, 1.165) is 11.1 Å². The van der Waals surface area contributed by atoms with Gasteiger partial charge in [0.15, 0.2) is 0 Å². The van der Waals surface area contributed by atoms with Crippen LogP contribution in [0.3, 0.4) is 0 Å². The van der Waals surface area contributed by atoms with Gasteiger partial charge in [-0.25, -0.2) is 8.42 Å². The van der Waals surface area contributed by atoms with Gasteiger partial charge in [0.2, 0.25) is 15.9 Å². The van der Waals surface area contributed by atoms with Gasteiger partial charge in [-0.1, -0.05) is 6.07 Å². The number of amides is 1. The summed E-state index contributed by atoms with van der Waals surface area (Å²) in [5, 5.41) is 0. The van der Waals surface area contributed by atoms with Crippen LogP contribution in [0.2, 0.25) is 0 Å². The van der Waals surface area contributed by atoms with Gasteiger partial charge in [0.1, 0.15) is 0 Å². The third-order valence-electron chi connectivity index (χ3n) is 4.83. The van der Waals surface area contributed by atoms with E-state index in [2.05, 4.69) is 0 Å². The molecule has 2 atom stereocenters. The van der Waals surface area contributed by atoms with E-state index in [1.165, 1.54) is 4.31 Å². The predicted molar refractivity (Wildman–Crippen MR) is 85.5 cm³/mol. The van der Waals surface area contributed by atoms with Crippen LogP contribution >= 0.6 is 0 Å². The van der Waals surface area contributed by atoms with E-state index in [-0.39, 0.29) is 36.5 Å². The Kier molecular flexibility index (Phi) is 4.20. The average molecular weight is 338 g/mol. The highest BCUT2D eigenvalue weighted by Crippen LogP contribution is 2.26. The molecule has 2 fully saturated rings. The minimum atomic E-state index is -3.61. The van der Waals surface area contributed by atoms with Crippen LogP contribution in [0, 0.1) is 19.8 Å². The lowest BCUT2D eigenvalue weighted by Crippen LogP contribution is -2.45. The van der Waals surface area contributed by atoms with Gasteiger partial charge in [-0.05, 0) is 37.1 Å². The van der Waals surface area contributed by atoms with E-state index in [9.17, 15) is 13.2 Å². The Bertz CT molecular complexity index is 732. The summed E-state index contributed by atoms with van der Waals surface area (Å²) in [5.74, 6) is -0.473. The first-order valence-electron chi connectivity index (χ1n) is 7.72. The van der Waals surface area contributed by atoms with Gasteiger partial charge in [0.25, 0.3) is 0 Å². The van der Waals surface area contributed by atoms with Crippen LogP contribution in [0.4, 0.5) is 0 Å². The molecule has 0 N–H and O–H groups in total. The fourth-order valence-corrected chi connectivity index (χ4v) is 4.69. The molecule has 1 aromatic rings. The molecular formula is C16H22N2O4S. The predicted octanol–water partition coefficient (Wildman–Crippen LogP) is 0.781.